The topological polar surface area (TPSA) is 0 Å². The molecule has 0 atom stereocenters. The Balaban J connectivity index is 1.64. The van der Waals surface area contributed by atoms with Crippen molar-refractivity contribution in [1.29, 1.82) is 0 Å². The largest absolute Gasteiger partial charge is 0.0654 e. The third kappa shape index (κ3) is 8.50. The fourth-order valence-corrected chi connectivity index (χ4v) is 5.98. The second-order valence-electron chi connectivity index (χ2n) is 7.36. The molecule has 0 aliphatic heterocycles. The van der Waals surface area contributed by atoms with E-state index in [1.165, 1.54) is 87.4 Å². The predicted molar refractivity (Wildman–Crippen MR) is 120 cm³/mol. The van der Waals surface area contributed by atoms with E-state index in [1.54, 1.807) is 0 Å². The van der Waals surface area contributed by atoms with Crippen LogP contribution in [-0.2, 0) is 0 Å². The SMILES string of the molecule is CCCCCCCCCCCCCP(c1ccccc1)c1ccccc1. The maximum atomic E-state index is 2.32. The molecule has 0 aliphatic rings. The molecule has 0 N–H and O–H groups in total. The van der Waals surface area contributed by atoms with Crippen LogP contribution in [0, 0.1) is 0 Å². The van der Waals surface area contributed by atoms with Crippen LogP contribution in [0.4, 0.5) is 0 Å². The Kier molecular flexibility index (Phi) is 11.4. The molecule has 0 heterocycles. The summed E-state index contributed by atoms with van der Waals surface area (Å²) in [5, 5.41) is 3.06. The van der Waals surface area contributed by atoms with E-state index in [0.29, 0.717) is 0 Å². The summed E-state index contributed by atoms with van der Waals surface area (Å²) in [6.07, 6.45) is 17.0. The molecule has 0 saturated heterocycles. The monoisotopic (exact) mass is 368 g/mol. The molecule has 0 fully saturated rings. The van der Waals surface area contributed by atoms with Crippen molar-refractivity contribution >= 4 is 18.5 Å². The van der Waals surface area contributed by atoms with Gasteiger partial charge in [-0.05, 0) is 31.1 Å². The summed E-state index contributed by atoms with van der Waals surface area (Å²) in [7, 11) is -0.187. The van der Waals surface area contributed by atoms with Gasteiger partial charge < -0.3 is 0 Å². The standard InChI is InChI=1S/C25H37P/c1-2-3-4-5-6-7-8-9-10-11-18-23-26(24-19-14-12-15-20-24)25-21-16-13-17-22-25/h12-17,19-22H,2-11,18,23H2,1H3. The van der Waals surface area contributed by atoms with Crippen LogP contribution in [-0.4, -0.2) is 6.16 Å². The van der Waals surface area contributed by atoms with E-state index < -0.39 is 0 Å². The van der Waals surface area contributed by atoms with Crippen molar-refractivity contribution in [2.75, 3.05) is 6.16 Å². The van der Waals surface area contributed by atoms with Gasteiger partial charge in [0.05, 0.1) is 0 Å². The molecule has 2 aromatic rings. The first-order valence-electron chi connectivity index (χ1n) is 10.8. The quantitative estimate of drug-likeness (QED) is 0.240. The predicted octanol–water partition coefficient (Wildman–Crippen LogP) is 7.43. The summed E-state index contributed by atoms with van der Waals surface area (Å²) in [4.78, 5) is 0. The molecule has 2 aromatic carbocycles. The molecule has 0 bridgehead atoms. The Hall–Kier alpha value is -1.13. The first-order chi connectivity index (χ1) is 12.9. The third-order valence-corrected chi connectivity index (χ3v) is 7.73. The second kappa shape index (κ2) is 14.0. The van der Waals surface area contributed by atoms with Crippen molar-refractivity contribution in [3.8, 4) is 0 Å². The summed E-state index contributed by atoms with van der Waals surface area (Å²) >= 11 is 0. The van der Waals surface area contributed by atoms with Crippen LogP contribution in [0.1, 0.15) is 77.6 Å². The van der Waals surface area contributed by atoms with Crippen molar-refractivity contribution in [2.45, 2.75) is 77.6 Å². The van der Waals surface area contributed by atoms with Gasteiger partial charge in [0, 0.05) is 0 Å². The van der Waals surface area contributed by atoms with Crippen LogP contribution in [0.2, 0.25) is 0 Å². The molecule has 0 nitrogen and oxygen atoms in total. The Bertz CT molecular complexity index is 509. The van der Waals surface area contributed by atoms with E-state index in [9.17, 15) is 0 Å². The van der Waals surface area contributed by atoms with Gasteiger partial charge in [0.2, 0.25) is 0 Å². The fraction of sp³-hybridized carbons (Fsp3) is 0.520. The van der Waals surface area contributed by atoms with Crippen LogP contribution >= 0.6 is 7.92 Å². The molecule has 0 unspecified atom stereocenters. The average Bonchev–Trinajstić information content (AvgIpc) is 2.70. The second-order valence-corrected chi connectivity index (χ2v) is 9.69. The molecule has 0 spiro atoms. The van der Waals surface area contributed by atoms with Gasteiger partial charge in [-0.3, -0.25) is 0 Å². The number of benzene rings is 2. The van der Waals surface area contributed by atoms with Crippen molar-refractivity contribution in [2.24, 2.45) is 0 Å². The van der Waals surface area contributed by atoms with E-state index in [4.69, 9.17) is 0 Å². The van der Waals surface area contributed by atoms with Crippen LogP contribution in [0.15, 0.2) is 60.7 Å². The summed E-state index contributed by atoms with van der Waals surface area (Å²) in [6.45, 7) is 2.29. The molecule has 0 aliphatic carbocycles. The zero-order valence-corrected chi connectivity index (χ0v) is 17.6. The summed E-state index contributed by atoms with van der Waals surface area (Å²) in [6, 6.07) is 22.3. The Morgan fingerprint density at radius 3 is 1.31 bits per heavy atom. The maximum Gasteiger partial charge on any atom is -0.0195 e. The number of hydrogen-bond acceptors (Lipinski definition) is 0. The van der Waals surface area contributed by atoms with Crippen molar-refractivity contribution in [1.82, 2.24) is 0 Å². The van der Waals surface area contributed by atoms with Crippen molar-refractivity contribution in [3.05, 3.63) is 60.7 Å². The first kappa shape index (κ1) is 21.2. The van der Waals surface area contributed by atoms with Gasteiger partial charge in [0.1, 0.15) is 0 Å². The van der Waals surface area contributed by atoms with Gasteiger partial charge in [0.25, 0.3) is 0 Å². The summed E-state index contributed by atoms with van der Waals surface area (Å²) in [5.41, 5.74) is 0. The molecule has 0 aromatic heterocycles. The molecular weight excluding hydrogens is 331 g/mol. The normalized spacial score (nSPS) is 11.2. The minimum atomic E-state index is -0.187. The van der Waals surface area contributed by atoms with Gasteiger partial charge in [-0.15, -0.1) is 0 Å². The van der Waals surface area contributed by atoms with Crippen LogP contribution in [0.3, 0.4) is 0 Å². The molecule has 2 rings (SSSR count). The van der Waals surface area contributed by atoms with E-state index >= 15 is 0 Å². The number of unbranched alkanes of at least 4 members (excludes halogenated alkanes) is 10. The molecule has 142 valence electrons. The average molecular weight is 369 g/mol. The van der Waals surface area contributed by atoms with E-state index in [0.717, 1.165) is 0 Å². The molecular formula is C25H37P. The molecule has 1 heteroatoms. The highest BCUT2D eigenvalue weighted by molar-refractivity contribution is 7.73. The third-order valence-electron chi connectivity index (χ3n) is 5.12. The Morgan fingerprint density at radius 1 is 0.500 bits per heavy atom. The Morgan fingerprint density at radius 2 is 0.885 bits per heavy atom. The lowest BCUT2D eigenvalue weighted by molar-refractivity contribution is 0.555. The van der Waals surface area contributed by atoms with Gasteiger partial charge in [-0.25, -0.2) is 0 Å². The van der Waals surface area contributed by atoms with Gasteiger partial charge >= 0.3 is 0 Å². The van der Waals surface area contributed by atoms with E-state index in [1.807, 2.05) is 0 Å². The van der Waals surface area contributed by atoms with Gasteiger partial charge in [0.15, 0.2) is 0 Å². The smallest absolute Gasteiger partial charge is 0.0195 e. The molecule has 0 radical (unpaired) electrons. The van der Waals surface area contributed by atoms with Gasteiger partial charge in [-0.2, -0.15) is 0 Å². The lowest BCUT2D eigenvalue weighted by Crippen LogP contribution is -2.13. The maximum absolute atomic E-state index is 2.32. The highest BCUT2D eigenvalue weighted by atomic mass is 31.1. The van der Waals surface area contributed by atoms with Crippen LogP contribution in [0.5, 0.6) is 0 Å². The van der Waals surface area contributed by atoms with Crippen LogP contribution < -0.4 is 10.6 Å². The minimum Gasteiger partial charge on any atom is -0.0654 e. The van der Waals surface area contributed by atoms with Crippen molar-refractivity contribution in [3.63, 3.8) is 0 Å². The summed E-state index contributed by atoms with van der Waals surface area (Å²) in [5.74, 6) is 0. The highest BCUT2D eigenvalue weighted by Crippen LogP contribution is 2.34. The Labute approximate surface area is 163 Å². The number of rotatable bonds is 14. The fourth-order valence-electron chi connectivity index (χ4n) is 3.56. The van der Waals surface area contributed by atoms with E-state index in [-0.39, 0.29) is 7.92 Å². The lowest BCUT2D eigenvalue weighted by Gasteiger charge is -2.18. The molecule has 26 heavy (non-hydrogen) atoms. The first-order valence-corrected chi connectivity index (χ1v) is 12.3. The van der Waals surface area contributed by atoms with Crippen LogP contribution in [0.25, 0.3) is 0 Å². The zero-order chi connectivity index (χ0) is 18.3. The minimum absolute atomic E-state index is 0.187. The van der Waals surface area contributed by atoms with Crippen molar-refractivity contribution < 1.29 is 0 Å². The summed E-state index contributed by atoms with van der Waals surface area (Å²) < 4.78 is 0. The van der Waals surface area contributed by atoms with Gasteiger partial charge in [-0.1, -0.05) is 132 Å². The van der Waals surface area contributed by atoms with E-state index in [2.05, 4.69) is 67.6 Å². The molecule has 0 saturated carbocycles. The zero-order valence-electron chi connectivity index (χ0n) is 16.7. The lowest BCUT2D eigenvalue weighted by atomic mass is 10.1. The molecule has 0 amide bonds. The number of hydrogen-bond donors (Lipinski definition) is 0. The highest BCUT2D eigenvalue weighted by Gasteiger charge is 2.12.